The van der Waals surface area contributed by atoms with Crippen LogP contribution in [0.2, 0.25) is 0 Å². The van der Waals surface area contributed by atoms with Crippen LogP contribution in [-0.2, 0) is 0 Å². The van der Waals surface area contributed by atoms with Crippen molar-refractivity contribution in [3.63, 3.8) is 0 Å². The van der Waals surface area contributed by atoms with E-state index < -0.39 is 0 Å². The number of allylic oxidation sites excluding steroid dienone is 4. The average Bonchev–Trinajstić information content (AvgIpc) is 1.94. The summed E-state index contributed by atoms with van der Waals surface area (Å²) in [5, 5.41) is 0. The highest BCUT2D eigenvalue weighted by Crippen LogP contribution is 2.33. The first-order valence-electron chi connectivity index (χ1n) is 3.85. The molecule has 0 aromatic heterocycles. The van der Waals surface area contributed by atoms with Gasteiger partial charge in [-0.1, -0.05) is 32.1 Å². The zero-order valence-electron chi connectivity index (χ0n) is 7.17. The lowest BCUT2D eigenvalue weighted by Gasteiger charge is -2.29. The molecule has 1 heteroatoms. The third-order valence-electron chi connectivity index (χ3n) is 2.19. The van der Waals surface area contributed by atoms with Crippen LogP contribution in [0.4, 0.5) is 0 Å². The van der Waals surface area contributed by atoms with Gasteiger partial charge in [-0.3, -0.25) is 0 Å². The maximum absolute atomic E-state index is 5.65. The molecule has 1 nitrogen and oxygen atoms in total. The van der Waals surface area contributed by atoms with E-state index in [9.17, 15) is 0 Å². The molecule has 2 N–H and O–H groups in total. The highest BCUT2D eigenvalue weighted by Gasteiger charge is 2.24. The molecule has 0 radical (unpaired) electrons. The Morgan fingerprint density at radius 1 is 1.64 bits per heavy atom. The third-order valence-corrected chi connectivity index (χ3v) is 2.19. The van der Waals surface area contributed by atoms with E-state index in [0.29, 0.717) is 5.92 Å². The first kappa shape index (κ1) is 8.12. The van der Waals surface area contributed by atoms with Gasteiger partial charge in [-0.2, -0.15) is 0 Å². The van der Waals surface area contributed by atoms with E-state index in [4.69, 9.17) is 5.73 Å². The lowest BCUT2D eigenvalue weighted by molar-refractivity contribution is 0.395. The topological polar surface area (TPSA) is 26.0 Å². The van der Waals surface area contributed by atoms with Crippen LogP contribution in [0, 0.1) is 11.3 Å². The Morgan fingerprint density at radius 3 is 2.73 bits per heavy atom. The molecule has 0 saturated carbocycles. The van der Waals surface area contributed by atoms with Crippen LogP contribution in [0.25, 0.3) is 0 Å². The summed E-state index contributed by atoms with van der Waals surface area (Å²) < 4.78 is 0. The fourth-order valence-electron chi connectivity index (χ4n) is 1.27. The standard InChI is InChI=1S/C10H15N/c1-4-8-7-9(11)5-6-10(8,2)3/h4-8H,1,11H2,2-3H3/t8-/m1/s1. The largest absolute Gasteiger partial charge is 0.399 e. The fraction of sp³-hybridized carbons (Fsp3) is 0.400. The normalized spacial score (nSPS) is 27.8. The molecule has 0 fully saturated rings. The zero-order chi connectivity index (χ0) is 8.48. The minimum absolute atomic E-state index is 0.171. The molecule has 11 heavy (non-hydrogen) atoms. The predicted octanol–water partition coefficient (Wildman–Crippen LogP) is 2.23. The van der Waals surface area contributed by atoms with Gasteiger partial charge in [-0.15, -0.1) is 6.58 Å². The van der Waals surface area contributed by atoms with Crippen LogP contribution in [0.3, 0.4) is 0 Å². The quantitative estimate of drug-likeness (QED) is 0.568. The number of rotatable bonds is 1. The van der Waals surface area contributed by atoms with Gasteiger partial charge in [0.05, 0.1) is 0 Å². The molecule has 1 atom stereocenters. The lowest BCUT2D eigenvalue weighted by atomic mass is 9.76. The molecule has 1 rings (SSSR count). The first-order chi connectivity index (χ1) is 5.06. The Balaban J connectivity index is 2.92. The molecule has 1 aliphatic carbocycles. The second kappa shape index (κ2) is 2.57. The Labute approximate surface area is 68.3 Å². The zero-order valence-corrected chi connectivity index (χ0v) is 7.17. The molecule has 0 saturated heterocycles. The van der Waals surface area contributed by atoms with Crippen LogP contribution in [0.1, 0.15) is 13.8 Å². The molecule has 0 spiro atoms. The summed E-state index contributed by atoms with van der Waals surface area (Å²) in [6, 6.07) is 0. The molecular weight excluding hydrogens is 134 g/mol. The van der Waals surface area contributed by atoms with Crippen LogP contribution in [0.5, 0.6) is 0 Å². The van der Waals surface area contributed by atoms with Crippen molar-refractivity contribution < 1.29 is 0 Å². The maximum atomic E-state index is 5.65. The molecule has 0 aliphatic heterocycles. The summed E-state index contributed by atoms with van der Waals surface area (Å²) in [5.74, 6) is 0.368. The predicted molar refractivity (Wildman–Crippen MR) is 48.9 cm³/mol. The molecule has 0 bridgehead atoms. The monoisotopic (exact) mass is 149 g/mol. The summed E-state index contributed by atoms with van der Waals surface area (Å²) in [7, 11) is 0. The van der Waals surface area contributed by atoms with E-state index in [2.05, 4.69) is 26.5 Å². The summed E-state index contributed by atoms with van der Waals surface area (Å²) in [6.07, 6.45) is 8.08. The van der Waals surface area contributed by atoms with Crippen LogP contribution < -0.4 is 5.73 Å². The fourth-order valence-corrected chi connectivity index (χ4v) is 1.27. The van der Waals surface area contributed by atoms with E-state index >= 15 is 0 Å². The van der Waals surface area contributed by atoms with E-state index in [-0.39, 0.29) is 5.41 Å². The van der Waals surface area contributed by atoms with Gasteiger partial charge >= 0.3 is 0 Å². The molecule has 0 amide bonds. The molecule has 0 aromatic carbocycles. The number of nitrogens with two attached hydrogens (primary N) is 1. The van der Waals surface area contributed by atoms with Gasteiger partial charge in [0.1, 0.15) is 0 Å². The van der Waals surface area contributed by atoms with Crippen molar-refractivity contribution in [3.05, 3.63) is 36.6 Å². The minimum atomic E-state index is 0.171. The summed E-state index contributed by atoms with van der Waals surface area (Å²) >= 11 is 0. The molecule has 1 aliphatic rings. The summed E-state index contributed by atoms with van der Waals surface area (Å²) in [5.41, 5.74) is 6.66. The Morgan fingerprint density at radius 2 is 2.27 bits per heavy atom. The van der Waals surface area contributed by atoms with Crippen molar-refractivity contribution in [1.82, 2.24) is 0 Å². The third kappa shape index (κ3) is 1.53. The average molecular weight is 149 g/mol. The molecule has 0 aromatic rings. The van der Waals surface area contributed by atoms with Crippen molar-refractivity contribution in [3.8, 4) is 0 Å². The van der Waals surface area contributed by atoms with Crippen molar-refractivity contribution in [2.24, 2.45) is 17.1 Å². The number of hydrogen-bond donors (Lipinski definition) is 1. The van der Waals surface area contributed by atoms with E-state index in [1.807, 2.05) is 18.2 Å². The van der Waals surface area contributed by atoms with Crippen LogP contribution >= 0.6 is 0 Å². The maximum Gasteiger partial charge on any atom is 0.0276 e. The van der Waals surface area contributed by atoms with Gasteiger partial charge in [-0.25, -0.2) is 0 Å². The Kier molecular flexibility index (Phi) is 1.90. The van der Waals surface area contributed by atoms with Crippen molar-refractivity contribution in [2.45, 2.75) is 13.8 Å². The summed E-state index contributed by atoms with van der Waals surface area (Å²) in [4.78, 5) is 0. The Hall–Kier alpha value is -0.980. The molecular formula is C10H15N. The first-order valence-corrected chi connectivity index (χ1v) is 3.85. The van der Waals surface area contributed by atoms with Gasteiger partial charge < -0.3 is 5.73 Å². The van der Waals surface area contributed by atoms with Crippen LogP contribution in [0.15, 0.2) is 36.6 Å². The highest BCUT2D eigenvalue weighted by atomic mass is 14.6. The molecule has 60 valence electrons. The molecule has 0 heterocycles. The second-order valence-electron chi connectivity index (χ2n) is 3.58. The molecule has 0 unspecified atom stereocenters. The Bertz CT molecular complexity index is 221. The van der Waals surface area contributed by atoms with Crippen molar-refractivity contribution in [1.29, 1.82) is 0 Å². The van der Waals surface area contributed by atoms with Gasteiger partial charge in [0.25, 0.3) is 0 Å². The van der Waals surface area contributed by atoms with Gasteiger partial charge in [-0.05, 0) is 11.5 Å². The number of hydrogen-bond acceptors (Lipinski definition) is 1. The van der Waals surface area contributed by atoms with E-state index in [1.165, 1.54) is 0 Å². The lowest BCUT2D eigenvalue weighted by Crippen LogP contribution is -2.22. The van der Waals surface area contributed by atoms with E-state index in [0.717, 1.165) is 5.70 Å². The second-order valence-corrected chi connectivity index (χ2v) is 3.58. The van der Waals surface area contributed by atoms with Crippen LogP contribution in [-0.4, -0.2) is 0 Å². The minimum Gasteiger partial charge on any atom is -0.399 e. The van der Waals surface area contributed by atoms with Gasteiger partial charge in [0.2, 0.25) is 0 Å². The van der Waals surface area contributed by atoms with Gasteiger partial charge in [0, 0.05) is 11.6 Å². The SMILES string of the molecule is C=C[C@@H]1C=C(N)C=CC1(C)C. The summed E-state index contributed by atoms with van der Waals surface area (Å²) in [6.45, 7) is 8.14. The van der Waals surface area contributed by atoms with Gasteiger partial charge in [0.15, 0.2) is 0 Å². The smallest absolute Gasteiger partial charge is 0.0276 e. The van der Waals surface area contributed by atoms with Crippen molar-refractivity contribution in [2.75, 3.05) is 0 Å². The highest BCUT2D eigenvalue weighted by molar-refractivity contribution is 5.27. The van der Waals surface area contributed by atoms with E-state index in [1.54, 1.807) is 0 Å². The van der Waals surface area contributed by atoms with Crippen molar-refractivity contribution >= 4 is 0 Å².